The van der Waals surface area contributed by atoms with Crippen molar-refractivity contribution in [3.63, 3.8) is 0 Å². The highest BCUT2D eigenvalue weighted by atomic mass is 16.5. The van der Waals surface area contributed by atoms with E-state index in [2.05, 4.69) is 5.16 Å². The number of fused-ring (bicyclic) bond motifs is 1. The van der Waals surface area contributed by atoms with Gasteiger partial charge >= 0.3 is 0 Å². The summed E-state index contributed by atoms with van der Waals surface area (Å²) in [5, 5.41) is 5.97. The fourth-order valence-corrected chi connectivity index (χ4v) is 3.68. The Kier molecular flexibility index (Phi) is 6.63. The van der Waals surface area contributed by atoms with E-state index in [0.717, 1.165) is 33.3 Å². The molecule has 0 aliphatic heterocycles. The van der Waals surface area contributed by atoms with Gasteiger partial charge in [0.15, 0.2) is 0 Å². The first kappa shape index (κ1) is 22.4. The van der Waals surface area contributed by atoms with Gasteiger partial charge in [-0.15, -0.1) is 0 Å². The van der Waals surface area contributed by atoms with Gasteiger partial charge in [-0.3, -0.25) is 4.79 Å². The molecule has 4 aromatic rings. The van der Waals surface area contributed by atoms with E-state index in [-0.39, 0.29) is 12.5 Å². The highest BCUT2D eigenvalue weighted by Gasteiger charge is 2.19. The van der Waals surface area contributed by atoms with E-state index in [4.69, 9.17) is 14.0 Å². The van der Waals surface area contributed by atoms with Crippen LogP contribution < -0.4 is 9.47 Å². The van der Waals surface area contributed by atoms with Crippen LogP contribution in [0, 0.1) is 20.8 Å². The molecule has 0 aliphatic rings. The number of likely N-dealkylation sites (N-methyl/N-ethyl adjacent to an activating group) is 1. The SMILES string of the molecule is Cc1ccccc1OCCN(C)C(=O)c1cc2ccccc2cc1OCc1c(C)noc1C. The van der Waals surface area contributed by atoms with Gasteiger partial charge in [0.1, 0.15) is 30.5 Å². The summed E-state index contributed by atoms with van der Waals surface area (Å²) in [5.74, 6) is 1.95. The summed E-state index contributed by atoms with van der Waals surface area (Å²) in [6, 6.07) is 19.6. The van der Waals surface area contributed by atoms with Crippen molar-refractivity contribution in [3.8, 4) is 11.5 Å². The first-order chi connectivity index (χ1) is 15.9. The lowest BCUT2D eigenvalue weighted by Gasteiger charge is -2.20. The van der Waals surface area contributed by atoms with Gasteiger partial charge in [0.25, 0.3) is 5.91 Å². The van der Waals surface area contributed by atoms with Gasteiger partial charge in [-0.25, -0.2) is 0 Å². The van der Waals surface area contributed by atoms with E-state index >= 15 is 0 Å². The second kappa shape index (κ2) is 9.77. The normalized spacial score (nSPS) is 10.9. The molecule has 0 N–H and O–H groups in total. The first-order valence-electron chi connectivity index (χ1n) is 11.0. The number of hydrogen-bond donors (Lipinski definition) is 0. The smallest absolute Gasteiger partial charge is 0.257 e. The van der Waals surface area contributed by atoms with Crippen molar-refractivity contribution in [2.45, 2.75) is 27.4 Å². The molecule has 0 bridgehead atoms. The standard InChI is InChI=1S/C27H28N2O4/c1-18-9-5-8-12-25(18)31-14-13-29(4)27(30)23-15-21-10-6-7-11-22(21)16-26(23)32-17-24-19(2)28-33-20(24)3/h5-12,15-16H,13-14,17H2,1-4H3. The Hall–Kier alpha value is -3.80. The van der Waals surface area contributed by atoms with Crippen LogP contribution in [0.15, 0.2) is 65.2 Å². The fourth-order valence-electron chi connectivity index (χ4n) is 3.68. The van der Waals surface area contributed by atoms with Crippen LogP contribution in [0.2, 0.25) is 0 Å². The third-order valence-corrected chi connectivity index (χ3v) is 5.76. The molecule has 0 unspecified atom stereocenters. The Bertz CT molecular complexity index is 1260. The maximum atomic E-state index is 13.4. The lowest BCUT2D eigenvalue weighted by molar-refractivity contribution is 0.0769. The van der Waals surface area contributed by atoms with Crippen LogP contribution in [0.4, 0.5) is 0 Å². The minimum atomic E-state index is -0.122. The molecule has 0 aliphatic carbocycles. The third kappa shape index (κ3) is 5.00. The number of benzene rings is 3. The van der Waals surface area contributed by atoms with E-state index in [0.29, 0.717) is 30.2 Å². The van der Waals surface area contributed by atoms with Crippen molar-refractivity contribution < 1.29 is 18.8 Å². The number of carbonyl (C=O) groups excluding carboxylic acids is 1. The topological polar surface area (TPSA) is 64.8 Å². The van der Waals surface area contributed by atoms with Gasteiger partial charge in [-0.2, -0.15) is 0 Å². The zero-order chi connectivity index (χ0) is 23.4. The van der Waals surface area contributed by atoms with Crippen molar-refractivity contribution in [2.75, 3.05) is 20.2 Å². The summed E-state index contributed by atoms with van der Waals surface area (Å²) in [6.45, 7) is 6.86. The lowest BCUT2D eigenvalue weighted by atomic mass is 10.0. The quantitative estimate of drug-likeness (QED) is 0.360. The Morgan fingerprint density at radius 3 is 2.33 bits per heavy atom. The van der Waals surface area contributed by atoms with Crippen molar-refractivity contribution in [2.24, 2.45) is 0 Å². The predicted octanol–water partition coefficient (Wildman–Crippen LogP) is 5.48. The maximum Gasteiger partial charge on any atom is 0.257 e. The molecule has 0 radical (unpaired) electrons. The van der Waals surface area contributed by atoms with Crippen LogP contribution in [0.5, 0.6) is 11.5 Å². The van der Waals surface area contributed by atoms with E-state index in [1.165, 1.54) is 0 Å². The number of carbonyl (C=O) groups is 1. The number of aryl methyl sites for hydroxylation is 3. The van der Waals surface area contributed by atoms with Gasteiger partial charge in [0.05, 0.1) is 23.4 Å². The van der Waals surface area contributed by atoms with Crippen LogP contribution in [0.3, 0.4) is 0 Å². The molecule has 1 heterocycles. The maximum absolute atomic E-state index is 13.4. The summed E-state index contributed by atoms with van der Waals surface area (Å²) in [5.41, 5.74) is 3.25. The lowest BCUT2D eigenvalue weighted by Crippen LogP contribution is -2.31. The van der Waals surface area contributed by atoms with Gasteiger partial charge in [-0.05, 0) is 55.3 Å². The second-order valence-electron chi connectivity index (χ2n) is 8.13. The summed E-state index contributed by atoms with van der Waals surface area (Å²) < 4.78 is 17.2. The van der Waals surface area contributed by atoms with Crippen molar-refractivity contribution in [1.82, 2.24) is 10.1 Å². The molecule has 0 fully saturated rings. The second-order valence-corrected chi connectivity index (χ2v) is 8.13. The Morgan fingerprint density at radius 1 is 0.939 bits per heavy atom. The van der Waals surface area contributed by atoms with Crippen molar-refractivity contribution >= 4 is 16.7 Å². The third-order valence-electron chi connectivity index (χ3n) is 5.76. The summed E-state index contributed by atoms with van der Waals surface area (Å²) >= 11 is 0. The molecule has 6 heteroatoms. The van der Waals surface area contributed by atoms with Crippen LogP contribution in [-0.4, -0.2) is 36.2 Å². The molecule has 0 spiro atoms. The van der Waals surface area contributed by atoms with Gasteiger partial charge < -0.3 is 18.9 Å². The van der Waals surface area contributed by atoms with E-state index in [9.17, 15) is 4.79 Å². The molecule has 4 rings (SSSR count). The van der Waals surface area contributed by atoms with E-state index in [1.807, 2.05) is 81.4 Å². The number of aromatic nitrogens is 1. The number of nitrogens with zero attached hydrogens (tertiary/aromatic N) is 2. The van der Waals surface area contributed by atoms with Crippen LogP contribution >= 0.6 is 0 Å². The molecule has 0 atom stereocenters. The molecule has 33 heavy (non-hydrogen) atoms. The molecule has 3 aromatic carbocycles. The molecular formula is C27H28N2O4. The summed E-state index contributed by atoms with van der Waals surface area (Å²) in [4.78, 5) is 15.0. The van der Waals surface area contributed by atoms with Crippen LogP contribution in [0.1, 0.15) is 32.9 Å². The van der Waals surface area contributed by atoms with Crippen molar-refractivity contribution in [1.29, 1.82) is 0 Å². The minimum absolute atomic E-state index is 0.122. The zero-order valence-electron chi connectivity index (χ0n) is 19.4. The molecule has 0 saturated carbocycles. The van der Waals surface area contributed by atoms with E-state index in [1.54, 1.807) is 11.9 Å². The molecule has 1 aromatic heterocycles. The Morgan fingerprint density at radius 2 is 1.64 bits per heavy atom. The number of hydrogen-bond acceptors (Lipinski definition) is 5. The van der Waals surface area contributed by atoms with Gasteiger partial charge in [0.2, 0.25) is 0 Å². The number of rotatable bonds is 8. The average molecular weight is 445 g/mol. The fraction of sp³-hybridized carbons (Fsp3) is 0.259. The highest BCUT2D eigenvalue weighted by molar-refractivity contribution is 6.01. The first-order valence-corrected chi connectivity index (χ1v) is 11.0. The Labute approximate surface area is 193 Å². The molecule has 0 saturated heterocycles. The minimum Gasteiger partial charge on any atom is -0.491 e. The monoisotopic (exact) mass is 444 g/mol. The average Bonchev–Trinajstić information content (AvgIpc) is 3.14. The summed E-state index contributed by atoms with van der Waals surface area (Å²) in [6.07, 6.45) is 0. The van der Waals surface area contributed by atoms with Gasteiger partial charge in [-0.1, -0.05) is 47.6 Å². The highest BCUT2D eigenvalue weighted by Crippen LogP contribution is 2.29. The Balaban J connectivity index is 1.53. The largest absolute Gasteiger partial charge is 0.491 e. The number of ether oxygens (including phenoxy) is 2. The zero-order valence-corrected chi connectivity index (χ0v) is 19.4. The number of amides is 1. The predicted molar refractivity (Wildman–Crippen MR) is 128 cm³/mol. The molecule has 170 valence electrons. The molecule has 1 amide bonds. The molecular weight excluding hydrogens is 416 g/mol. The van der Waals surface area contributed by atoms with Crippen LogP contribution in [0.25, 0.3) is 10.8 Å². The van der Waals surface area contributed by atoms with E-state index < -0.39 is 0 Å². The number of para-hydroxylation sites is 1. The molecule has 6 nitrogen and oxygen atoms in total. The van der Waals surface area contributed by atoms with Crippen LogP contribution in [-0.2, 0) is 6.61 Å². The summed E-state index contributed by atoms with van der Waals surface area (Å²) in [7, 11) is 1.77. The van der Waals surface area contributed by atoms with Gasteiger partial charge in [0, 0.05) is 7.05 Å². The van der Waals surface area contributed by atoms with Crippen molar-refractivity contribution in [3.05, 3.63) is 88.8 Å².